The van der Waals surface area contributed by atoms with Crippen LogP contribution in [0.3, 0.4) is 0 Å². The highest BCUT2D eigenvalue weighted by molar-refractivity contribution is 7.98. The molecule has 0 amide bonds. The first kappa shape index (κ1) is 11.2. The van der Waals surface area contributed by atoms with Gasteiger partial charge in [-0.05, 0) is 11.1 Å². The van der Waals surface area contributed by atoms with Gasteiger partial charge in [-0.15, -0.1) is 11.8 Å². The lowest BCUT2D eigenvalue weighted by atomic mass is 10.2. The number of nitrogens with one attached hydrogen (secondary N) is 1. The average Bonchev–Trinajstić information content (AvgIpc) is 2.38. The minimum atomic E-state index is -0.193. The van der Waals surface area contributed by atoms with Crippen LogP contribution in [0.2, 0.25) is 0 Å². The SMILES string of the molecule is [NH]C(SCc1ccccc1)c1ccccc1. The predicted molar refractivity (Wildman–Crippen MR) is 70.0 cm³/mol. The van der Waals surface area contributed by atoms with E-state index < -0.39 is 0 Å². The van der Waals surface area contributed by atoms with Gasteiger partial charge in [-0.2, -0.15) is 0 Å². The summed E-state index contributed by atoms with van der Waals surface area (Å²) < 4.78 is 0. The van der Waals surface area contributed by atoms with Gasteiger partial charge in [-0.25, -0.2) is 5.73 Å². The van der Waals surface area contributed by atoms with Crippen LogP contribution in [0.4, 0.5) is 0 Å². The van der Waals surface area contributed by atoms with Crippen molar-refractivity contribution in [3.63, 3.8) is 0 Å². The summed E-state index contributed by atoms with van der Waals surface area (Å²) in [6.45, 7) is 0. The minimum absolute atomic E-state index is 0.193. The lowest BCUT2D eigenvalue weighted by Gasteiger charge is -2.10. The second-order valence-electron chi connectivity index (χ2n) is 3.59. The van der Waals surface area contributed by atoms with E-state index in [0.717, 1.165) is 11.3 Å². The van der Waals surface area contributed by atoms with Crippen molar-refractivity contribution in [2.45, 2.75) is 11.1 Å². The summed E-state index contributed by atoms with van der Waals surface area (Å²) in [5, 5.41) is -0.193. The molecule has 1 N–H and O–H groups in total. The van der Waals surface area contributed by atoms with Crippen LogP contribution < -0.4 is 5.73 Å². The second kappa shape index (κ2) is 5.73. The molecular formula is C14H14NS. The lowest BCUT2D eigenvalue weighted by molar-refractivity contribution is 0.989. The van der Waals surface area contributed by atoms with Crippen LogP contribution in [0, 0.1) is 0 Å². The number of rotatable bonds is 4. The van der Waals surface area contributed by atoms with Gasteiger partial charge in [0, 0.05) is 5.75 Å². The first-order valence-electron chi connectivity index (χ1n) is 5.28. The maximum atomic E-state index is 8.03. The normalized spacial score (nSPS) is 12.3. The lowest BCUT2D eigenvalue weighted by Crippen LogP contribution is -1.94. The Hall–Kier alpha value is -1.25. The summed E-state index contributed by atoms with van der Waals surface area (Å²) in [5.41, 5.74) is 10.4. The molecule has 0 saturated heterocycles. The maximum Gasteiger partial charge on any atom is 0.0920 e. The van der Waals surface area contributed by atoms with Gasteiger partial charge in [-0.1, -0.05) is 60.7 Å². The zero-order valence-corrected chi connectivity index (χ0v) is 9.78. The highest BCUT2D eigenvalue weighted by atomic mass is 32.2. The van der Waals surface area contributed by atoms with E-state index in [1.54, 1.807) is 11.8 Å². The molecule has 1 radical (unpaired) electrons. The summed E-state index contributed by atoms with van der Waals surface area (Å²) in [4.78, 5) is 0. The first-order valence-corrected chi connectivity index (χ1v) is 6.33. The predicted octanol–water partition coefficient (Wildman–Crippen LogP) is 3.90. The van der Waals surface area contributed by atoms with Crippen LogP contribution in [-0.4, -0.2) is 0 Å². The Bertz CT molecular complexity index is 413. The molecule has 2 aromatic rings. The van der Waals surface area contributed by atoms with E-state index in [1.165, 1.54) is 5.56 Å². The molecule has 0 bridgehead atoms. The topological polar surface area (TPSA) is 23.8 Å². The molecule has 0 aromatic heterocycles. The van der Waals surface area contributed by atoms with Crippen LogP contribution in [0.25, 0.3) is 0 Å². The van der Waals surface area contributed by atoms with E-state index in [1.807, 2.05) is 48.5 Å². The van der Waals surface area contributed by atoms with E-state index in [2.05, 4.69) is 12.1 Å². The third kappa shape index (κ3) is 3.12. The third-order valence-corrected chi connectivity index (χ3v) is 3.47. The fourth-order valence-corrected chi connectivity index (χ4v) is 2.38. The van der Waals surface area contributed by atoms with Gasteiger partial charge in [0.15, 0.2) is 0 Å². The van der Waals surface area contributed by atoms with Crippen LogP contribution in [0.15, 0.2) is 60.7 Å². The van der Waals surface area contributed by atoms with Crippen molar-refractivity contribution in [2.75, 3.05) is 0 Å². The van der Waals surface area contributed by atoms with Gasteiger partial charge < -0.3 is 0 Å². The minimum Gasteiger partial charge on any atom is -0.239 e. The van der Waals surface area contributed by atoms with E-state index in [9.17, 15) is 0 Å². The van der Waals surface area contributed by atoms with Crippen LogP contribution in [0.1, 0.15) is 16.5 Å². The average molecular weight is 228 g/mol. The van der Waals surface area contributed by atoms with Crippen molar-refractivity contribution in [3.05, 3.63) is 71.8 Å². The molecule has 0 heterocycles. The van der Waals surface area contributed by atoms with Crippen molar-refractivity contribution in [1.29, 1.82) is 0 Å². The first-order chi connectivity index (χ1) is 7.86. The highest BCUT2D eigenvalue weighted by Crippen LogP contribution is 2.27. The fourth-order valence-electron chi connectivity index (χ4n) is 1.48. The molecular weight excluding hydrogens is 214 g/mol. The summed E-state index contributed by atoms with van der Waals surface area (Å²) >= 11 is 1.65. The Morgan fingerprint density at radius 2 is 1.44 bits per heavy atom. The molecule has 0 aliphatic heterocycles. The van der Waals surface area contributed by atoms with Gasteiger partial charge in [0.1, 0.15) is 0 Å². The molecule has 0 aliphatic carbocycles. The Kier molecular flexibility index (Phi) is 4.03. The van der Waals surface area contributed by atoms with E-state index in [-0.39, 0.29) is 5.37 Å². The molecule has 0 saturated carbocycles. The quantitative estimate of drug-likeness (QED) is 0.778. The molecule has 0 aliphatic rings. The third-order valence-electron chi connectivity index (χ3n) is 2.36. The molecule has 0 spiro atoms. The molecule has 2 aromatic carbocycles. The Labute approximate surface area is 101 Å². The molecule has 2 rings (SSSR count). The molecule has 1 nitrogen and oxygen atoms in total. The van der Waals surface area contributed by atoms with Crippen LogP contribution in [0.5, 0.6) is 0 Å². The molecule has 2 heteroatoms. The number of hydrogen-bond donors (Lipinski definition) is 0. The molecule has 81 valence electrons. The number of hydrogen-bond acceptors (Lipinski definition) is 1. The number of benzene rings is 2. The molecule has 1 unspecified atom stereocenters. The summed E-state index contributed by atoms with van der Waals surface area (Å²) in [6.07, 6.45) is 0. The van der Waals surface area contributed by atoms with Crippen molar-refractivity contribution in [1.82, 2.24) is 5.73 Å². The van der Waals surface area contributed by atoms with Crippen molar-refractivity contribution >= 4 is 11.8 Å². The van der Waals surface area contributed by atoms with Gasteiger partial charge >= 0.3 is 0 Å². The summed E-state index contributed by atoms with van der Waals surface area (Å²) in [7, 11) is 0. The highest BCUT2D eigenvalue weighted by Gasteiger charge is 2.06. The van der Waals surface area contributed by atoms with Crippen molar-refractivity contribution in [2.24, 2.45) is 0 Å². The monoisotopic (exact) mass is 228 g/mol. The molecule has 0 fully saturated rings. The van der Waals surface area contributed by atoms with Gasteiger partial charge in [0.25, 0.3) is 0 Å². The van der Waals surface area contributed by atoms with Gasteiger partial charge in [0.05, 0.1) is 5.37 Å². The fraction of sp³-hybridized carbons (Fsp3) is 0.143. The Morgan fingerprint density at radius 1 is 0.875 bits per heavy atom. The smallest absolute Gasteiger partial charge is 0.0920 e. The summed E-state index contributed by atoms with van der Waals surface area (Å²) in [6, 6.07) is 20.3. The van der Waals surface area contributed by atoms with Crippen LogP contribution >= 0.6 is 11.8 Å². The van der Waals surface area contributed by atoms with Crippen LogP contribution in [-0.2, 0) is 5.75 Å². The van der Waals surface area contributed by atoms with Gasteiger partial charge in [0.2, 0.25) is 0 Å². The van der Waals surface area contributed by atoms with E-state index in [0.29, 0.717) is 0 Å². The molecule has 16 heavy (non-hydrogen) atoms. The zero-order valence-electron chi connectivity index (χ0n) is 8.97. The second-order valence-corrected chi connectivity index (χ2v) is 4.68. The largest absolute Gasteiger partial charge is 0.239 e. The maximum absolute atomic E-state index is 8.03. The Balaban J connectivity index is 1.92. The molecule has 1 atom stereocenters. The number of thioether (sulfide) groups is 1. The zero-order chi connectivity index (χ0) is 11.2. The van der Waals surface area contributed by atoms with Crippen molar-refractivity contribution in [3.8, 4) is 0 Å². The van der Waals surface area contributed by atoms with E-state index in [4.69, 9.17) is 5.73 Å². The van der Waals surface area contributed by atoms with Crippen molar-refractivity contribution < 1.29 is 0 Å². The standard InChI is InChI=1S/C14H14NS/c15-14(13-9-5-2-6-10-13)16-11-12-7-3-1-4-8-12/h1-10,14-15H,11H2. The Morgan fingerprint density at radius 3 is 2.06 bits per heavy atom. The van der Waals surface area contributed by atoms with Gasteiger partial charge in [-0.3, -0.25) is 0 Å². The summed E-state index contributed by atoms with van der Waals surface area (Å²) in [5.74, 6) is 0.893. The van der Waals surface area contributed by atoms with E-state index >= 15 is 0 Å².